The number of fused-ring (bicyclic) bond motifs is 5. The maximum atomic E-state index is 13.5. The Morgan fingerprint density at radius 2 is 1.05 bits per heavy atom. The van der Waals surface area contributed by atoms with Crippen molar-refractivity contribution in [2.24, 2.45) is 16.7 Å². The molecule has 35 atom stereocenters. The van der Waals surface area contributed by atoms with Crippen molar-refractivity contribution in [1.29, 1.82) is 0 Å². The van der Waals surface area contributed by atoms with Crippen LogP contribution in [0.5, 0.6) is 0 Å². The second-order valence-electron chi connectivity index (χ2n) is 28.8. The molecule has 0 radical (unpaired) electrons. The topological polar surface area (TPSA) is 365 Å². The minimum atomic E-state index is -1.91. The van der Waals surface area contributed by atoms with Crippen molar-refractivity contribution in [3.63, 3.8) is 0 Å². The first-order valence-corrected chi connectivity index (χ1v) is 34.1. The molecule has 0 unspecified atom stereocenters. The molecule has 28 heteroatoms. The zero-order valence-corrected chi connectivity index (χ0v) is 57.7. The third kappa shape index (κ3) is 13.8. The number of allylic oxidation sites excluding steroid dienone is 1. The van der Waals surface area contributed by atoms with Crippen LogP contribution in [0, 0.1) is 16.7 Å². The second kappa shape index (κ2) is 30.1. The summed E-state index contributed by atoms with van der Waals surface area (Å²) in [5, 5.41) is 102. The number of carbonyl (C=O) groups is 1. The normalized spacial score (nSPS) is 51.6. The molecule has 0 aromatic rings. The van der Waals surface area contributed by atoms with Crippen LogP contribution in [0.3, 0.4) is 0 Å². The molecular weight excluding hydrogens is 1250 g/mol. The fourth-order valence-corrected chi connectivity index (χ4v) is 17.8. The van der Waals surface area contributed by atoms with E-state index in [1.54, 1.807) is 62.0 Å². The fraction of sp³-hybridized carbons (Fsp3) is 0.925. The van der Waals surface area contributed by atoms with Crippen LogP contribution in [0.15, 0.2) is 23.3 Å². The van der Waals surface area contributed by atoms with Crippen LogP contribution < -0.4 is 0 Å². The van der Waals surface area contributed by atoms with Gasteiger partial charge in [-0.1, -0.05) is 31.6 Å². The molecule has 6 aliphatic heterocycles. The van der Waals surface area contributed by atoms with E-state index >= 15 is 0 Å². The Morgan fingerprint density at radius 1 is 0.589 bits per heavy atom. The van der Waals surface area contributed by atoms with Gasteiger partial charge in [0.2, 0.25) is 0 Å². The highest BCUT2D eigenvalue weighted by molar-refractivity contribution is 5.87. The first-order chi connectivity index (χ1) is 44.9. The van der Waals surface area contributed by atoms with Crippen LogP contribution in [-0.2, 0) is 90.1 Å². The molecular formula is C67H110O28. The van der Waals surface area contributed by atoms with Gasteiger partial charge < -0.3 is 131 Å². The molecule has 28 nitrogen and oxygen atoms in total. The van der Waals surface area contributed by atoms with E-state index in [1.807, 2.05) is 26.8 Å². The quantitative estimate of drug-likeness (QED) is 0.0448. The van der Waals surface area contributed by atoms with E-state index in [0.717, 1.165) is 5.57 Å². The van der Waals surface area contributed by atoms with E-state index in [-0.39, 0.29) is 44.6 Å². The van der Waals surface area contributed by atoms with Crippen molar-refractivity contribution in [2.75, 3.05) is 42.2 Å². The molecule has 10 aliphatic rings. The minimum absolute atomic E-state index is 0.00609. The van der Waals surface area contributed by atoms with Crippen LogP contribution >= 0.6 is 0 Å². The number of aliphatic hydroxyl groups is 9. The number of ether oxygens (including phenoxy) is 18. The highest BCUT2D eigenvalue weighted by Gasteiger charge is 2.81. The largest absolute Gasteiger partial charge is 0.458 e. The fourth-order valence-electron chi connectivity index (χ4n) is 17.8. The summed E-state index contributed by atoms with van der Waals surface area (Å²) in [5.74, 6) is -1.14. The zero-order chi connectivity index (χ0) is 69.2. The van der Waals surface area contributed by atoms with E-state index in [4.69, 9.17) is 85.3 Å². The first-order valence-electron chi connectivity index (χ1n) is 34.1. The minimum Gasteiger partial charge on any atom is -0.458 e. The predicted octanol–water partition coefficient (Wildman–Crippen LogP) is 1.61. The standard InChI is InChI=1S/C67H110O28/c1-16-30(2)60(74)90-45-28-44-63(9)19-18-38(23-37(63)17-20-66(44,76)67(77)22-21-65(75,36(8)69)64(45,67)10)88-46-24-39(78-11)54(31(3)83-46)91-47-25-40(79-12)55(32(4)84-47)92-48-26-41(80-13)57(34(6)85-48)95-62-53(73)59(82-15)58(35(7)87-62)93-49-27-42(81-14)56(33(5)86-49)94-61-52(72)51(71)50(70)43(29-68)89-61/h16-17,31-36,38-59,61-62,68-73,75-77H,18-29H2,1-15H3/b30-16+/t31-,32-,33-,34-,35-,36+,38+,39+,40+,41-,42-,43-,44-,45-,46+,47+,48+,49+,50-,51+,52-,53-,54-,55-,56-,57-,58-,59-,61+,62+,63+,64-,65-,66+,67-/m1/s1. The number of hydrogen-bond donors (Lipinski definition) is 9. The van der Waals surface area contributed by atoms with Crippen molar-refractivity contribution < 1.29 is 136 Å². The summed E-state index contributed by atoms with van der Waals surface area (Å²) in [4.78, 5) is 13.5. The van der Waals surface area contributed by atoms with Gasteiger partial charge in [0, 0.05) is 72.7 Å². The molecule has 6 heterocycles. The summed E-state index contributed by atoms with van der Waals surface area (Å²) >= 11 is 0. The summed E-state index contributed by atoms with van der Waals surface area (Å²) in [7, 11) is 7.71. The Hall–Kier alpha value is -2.09. The summed E-state index contributed by atoms with van der Waals surface area (Å²) in [6.07, 6.45) is -18.7. The van der Waals surface area contributed by atoms with Crippen LogP contribution in [0.4, 0.5) is 0 Å². The first kappa shape index (κ1) is 75.6. The highest BCUT2D eigenvalue weighted by Crippen LogP contribution is 2.71. The Bertz CT molecular complexity index is 2620. The Labute approximate surface area is 557 Å². The lowest BCUT2D eigenvalue weighted by molar-refractivity contribution is -0.372. The lowest BCUT2D eigenvalue weighted by atomic mass is 9.42. The molecule has 0 aromatic carbocycles. The molecule has 4 aliphatic carbocycles. The average Bonchev–Trinajstić information content (AvgIpc) is 1.59. The summed E-state index contributed by atoms with van der Waals surface area (Å²) in [5.41, 5.74) is -6.25. The monoisotopic (exact) mass is 1360 g/mol. The van der Waals surface area contributed by atoms with Crippen LogP contribution in [-0.4, -0.2) is 289 Å². The van der Waals surface area contributed by atoms with E-state index in [1.165, 1.54) is 21.1 Å². The average molecular weight is 1360 g/mol. The van der Waals surface area contributed by atoms with Gasteiger partial charge in [-0.2, -0.15) is 0 Å². The summed E-state index contributed by atoms with van der Waals surface area (Å²) in [6.45, 7) is 17.1. The number of rotatable bonds is 21. The Morgan fingerprint density at radius 3 is 1.52 bits per heavy atom. The third-order valence-electron chi connectivity index (χ3n) is 23.7. The predicted molar refractivity (Wildman–Crippen MR) is 329 cm³/mol. The van der Waals surface area contributed by atoms with Crippen molar-refractivity contribution >= 4 is 5.97 Å². The zero-order valence-electron chi connectivity index (χ0n) is 57.7. The maximum absolute atomic E-state index is 13.5. The molecule has 9 fully saturated rings. The van der Waals surface area contributed by atoms with Crippen LogP contribution in [0.1, 0.15) is 140 Å². The van der Waals surface area contributed by atoms with Gasteiger partial charge in [0.05, 0.1) is 79.2 Å². The molecule has 0 spiro atoms. The summed E-state index contributed by atoms with van der Waals surface area (Å²) in [6, 6.07) is 0. The van der Waals surface area contributed by atoms with Gasteiger partial charge in [0.15, 0.2) is 37.7 Å². The van der Waals surface area contributed by atoms with E-state index in [2.05, 4.69) is 6.92 Å². The van der Waals surface area contributed by atoms with Gasteiger partial charge in [0.25, 0.3) is 0 Å². The van der Waals surface area contributed by atoms with Crippen molar-refractivity contribution in [1.82, 2.24) is 0 Å². The number of hydrogen-bond acceptors (Lipinski definition) is 28. The molecule has 9 N–H and O–H groups in total. The van der Waals surface area contributed by atoms with Gasteiger partial charge in [-0.05, 0) is 106 Å². The lowest BCUT2D eigenvalue weighted by Crippen LogP contribution is -2.78. The number of esters is 1. The van der Waals surface area contributed by atoms with Crippen molar-refractivity contribution in [2.45, 2.75) is 335 Å². The van der Waals surface area contributed by atoms with Crippen LogP contribution in [0.25, 0.3) is 0 Å². The van der Waals surface area contributed by atoms with Crippen molar-refractivity contribution in [3.8, 4) is 0 Å². The van der Waals surface area contributed by atoms with Gasteiger partial charge in [0.1, 0.15) is 90.1 Å². The molecule has 6 saturated heterocycles. The molecule has 10 rings (SSSR count). The summed E-state index contributed by atoms with van der Waals surface area (Å²) < 4.78 is 113. The second-order valence-corrected chi connectivity index (χ2v) is 28.8. The number of aliphatic hydroxyl groups excluding tert-OH is 6. The van der Waals surface area contributed by atoms with Crippen molar-refractivity contribution in [3.05, 3.63) is 23.3 Å². The SMILES string of the molecule is C/C=C(\C)C(=O)O[C@@H]1C[C@@H]2[C@@]3(C)CC[C@H](O[C@H]4C[C@H](OC)[C@H](O[C@H]5C[C@H](OC)[C@H](O[C@H]6C[C@@H](OC)[C@H](O[C@@H]7O[C@H](C)[C@@H](O[C@H]8C[C@@H](OC)[C@H](O[C@@H]9O[C@H](CO)[C@@H](O)[C@H](O)[C@H]9O)[C@@H](C)O8)[C@H](OC)[C@H]7O)[C@@H](C)O6)[C@@H](C)O5)[C@@H](C)O4)CC3=CC[C@@]2(O)[C@@]2(O)CC[C@@](O)([C@H](C)O)[C@@]12C. The Kier molecular flexibility index (Phi) is 23.9. The molecule has 0 amide bonds. The molecule has 3 saturated carbocycles. The molecule has 0 aromatic heterocycles. The molecule has 0 bridgehead atoms. The highest BCUT2D eigenvalue weighted by atomic mass is 16.8. The van der Waals surface area contributed by atoms with Gasteiger partial charge >= 0.3 is 5.97 Å². The molecule has 95 heavy (non-hydrogen) atoms. The maximum Gasteiger partial charge on any atom is 0.333 e. The number of methoxy groups -OCH3 is 5. The lowest BCUT2D eigenvalue weighted by Gasteiger charge is -2.67. The van der Waals surface area contributed by atoms with E-state index < -0.39 is 218 Å². The van der Waals surface area contributed by atoms with Gasteiger partial charge in [-0.3, -0.25) is 0 Å². The van der Waals surface area contributed by atoms with E-state index in [9.17, 15) is 50.8 Å². The van der Waals surface area contributed by atoms with Crippen LogP contribution in [0.2, 0.25) is 0 Å². The Balaban J connectivity index is 0.705. The van der Waals surface area contributed by atoms with E-state index in [0.29, 0.717) is 37.7 Å². The number of carbonyl (C=O) groups excluding carboxylic acids is 1. The molecule has 546 valence electrons. The van der Waals surface area contributed by atoms with Gasteiger partial charge in [-0.25, -0.2) is 4.79 Å². The third-order valence-corrected chi connectivity index (χ3v) is 23.7. The van der Waals surface area contributed by atoms with Gasteiger partial charge in [-0.15, -0.1) is 0 Å². The smallest absolute Gasteiger partial charge is 0.333 e.